The van der Waals surface area contributed by atoms with Gasteiger partial charge >= 0.3 is 6.18 Å². The third kappa shape index (κ3) is 5.41. The van der Waals surface area contributed by atoms with Crippen LogP contribution in [0.25, 0.3) is 22.3 Å². The highest BCUT2D eigenvalue weighted by atomic mass is 19.4. The van der Waals surface area contributed by atoms with E-state index in [1.807, 2.05) is 17.9 Å². The molecule has 1 atom stereocenters. The van der Waals surface area contributed by atoms with E-state index in [-0.39, 0.29) is 46.1 Å². The van der Waals surface area contributed by atoms with Crippen LogP contribution in [0.15, 0.2) is 24.7 Å². The van der Waals surface area contributed by atoms with Crippen LogP contribution in [-0.4, -0.2) is 63.6 Å². The molecule has 4 heterocycles. The van der Waals surface area contributed by atoms with Crippen molar-refractivity contribution in [2.75, 3.05) is 32.1 Å². The van der Waals surface area contributed by atoms with Crippen LogP contribution in [0, 0.1) is 17.2 Å². The number of carbonyl (C=O) groups is 1. The lowest BCUT2D eigenvalue weighted by Crippen LogP contribution is -2.42. The molecule has 2 N–H and O–H groups in total. The largest absolute Gasteiger partial charge is 0.417 e. The van der Waals surface area contributed by atoms with Gasteiger partial charge in [0.2, 0.25) is 11.9 Å². The Morgan fingerprint density at radius 1 is 1.33 bits per heavy atom. The molecule has 12 heteroatoms. The maximum absolute atomic E-state index is 13.2. The Hall–Kier alpha value is -3.72. The molecule has 1 saturated heterocycles. The van der Waals surface area contributed by atoms with Gasteiger partial charge in [-0.1, -0.05) is 0 Å². The lowest BCUT2D eigenvalue weighted by atomic mass is 9.90. The van der Waals surface area contributed by atoms with Gasteiger partial charge in [0, 0.05) is 49.6 Å². The number of amides is 1. The zero-order valence-corrected chi connectivity index (χ0v) is 19.9. The van der Waals surface area contributed by atoms with Crippen molar-refractivity contribution in [1.82, 2.24) is 24.8 Å². The lowest BCUT2D eigenvalue weighted by Gasteiger charge is -2.35. The van der Waals surface area contributed by atoms with E-state index in [0.717, 1.165) is 25.1 Å². The molecule has 0 aliphatic carbocycles. The number of aromatic nitrogens is 4. The van der Waals surface area contributed by atoms with Gasteiger partial charge in [0.15, 0.2) is 0 Å². The fourth-order valence-electron chi connectivity index (χ4n) is 4.41. The van der Waals surface area contributed by atoms with Crippen molar-refractivity contribution in [3.63, 3.8) is 0 Å². The van der Waals surface area contributed by atoms with Gasteiger partial charge in [0.05, 0.1) is 36.0 Å². The number of aromatic amines is 1. The van der Waals surface area contributed by atoms with Crippen LogP contribution in [0.5, 0.6) is 0 Å². The highest BCUT2D eigenvalue weighted by Gasteiger charge is 2.32. The molecule has 0 bridgehead atoms. The minimum Gasteiger partial charge on any atom is -0.384 e. The number of methoxy groups -OCH3 is 1. The van der Waals surface area contributed by atoms with Crippen LogP contribution in [0.1, 0.15) is 37.3 Å². The molecule has 0 radical (unpaired) electrons. The molecule has 9 nitrogen and oxygen atoms in total. The Labute approximate surface area is 205 Å². The van der Waals surface area contributed by atoms with Gasteiger partial charge in [-0.25, -0.2) is 15.0 Å². The summed E-state index contributed by atoms with van der Waals surface area (Å²) in [5.41, 5.74) is 0.0567. The number of halogens is 3. The number of likely N-dealkylation sites (tertiary alicyclic amines) is 1. The van der Waals surface area contributed by atoms with E-state index in [9.17, 15) is 23.2 Å². The summed E-state index contributed by atoms with van der Waals surface area (Å²) in [4.78, 5) is 29.5. The van der Waals surface area contributed by atoms with Crippen LogP contribution in [0.3, 0.4) is 0 Å². The van der Waals surface area contributed by atoms with Gasteiger partial charge in [-0.05, 0) is 31.7 Å². The number of piperidine rings is 1. The fourth-order valence-corrected chi connectivity index (χ4v) is 4.41. The average molecular weight is 502 g/mol. The third-order valence-electron chi connectivity index (χ3n) is 6.50. The molecule has 1 unspecified atom stereocenters. The molecule has 4 rings (SSSR count). The second-order valence-corrected chi connectivity index (χ2v) is 8.78. The number of alkyl halides is 3. The van der Waals surface area contributed by atoms with Crippen molar-refractivity contribution in [3.8, 4) is 17.3 Å². The summed E-state index contributed by atoms with van der Waals surface area (Å²) >= 11 is 0. The lowest BCUT2D eigenvalue weighted by molar-refractivity contribution is -0.137. The Balaban J connectivity index is 1.52. The van der Waals surface area contributed by atoms with E-state index in [1.54, 1.807) is 7.11 Å². The predicted molar refractivity (Wildman–Crippen MR) is 126 cm³/mol. The Bertz CT molecular complexity index is 1280. The second kappa shape index (κ2) is 10.5. The Morgan fingerprint density at radius 2 is 2.08 bits per heavy atom. The normalized spacial score (nSPS) is 15.6. The number of nitrogens with one attached hydrogen (secondary N) is 2. The molecule has 1 aliphatic rings. The molecule has 190 valence electrons. The Kier molecular flexibility index (Phi) is 7.40. The maximum atomic E-state index is 13.2. The molecule has 1 aliphatic heterocycles. The number of nitriles is 1. The van der Waals surface area contributed by atoms with E-state index in [1.165, 1.54) is 12.4 Å². The SMILES string of the molecule is COCCC(=O)N1CCC(C(C)Nc2ncc(C#N)c(-c3c[nH]c4ncc(C(F)(F)F)cc34)n2)CC1. The number of pyridine rings is 1. The second-order valence-electron chi connectivity index (χ2n) is 8.78. The summed E-state index contributed by atoms with van der Waals surface area (Å²) in [5.74, 6) is 0.619. The monoisotopic (exact) mass is 501 g/mol. The first-order valence-electron chi connectivity index (χ1n) is 11.6. The number of hydrogen-bond acceptors (Lipinski definition) is 7. The maximum Gasteiger partial charge on any atom is 0.417 e. The van der Waals surface area contributed by atoms with Crippen molar-refractivity contribution in [2.45, 2.75) is 38.4 Å². The molecule has 0 saturated carbocycles. The molecule has 0 spiro atoms. The van der Waals surface area contributed by atoms with Crippen molar-refractivity contribution < 1.29 is 22.7 Å². The number of carbonyl (C=O) groups excluding carboxylic acids is 1. The summed E-state index contributed by atoms with van der Waals surface area (Å²) in [7, 11) is 1.57. The first kappa shape index (κ1) is 25.4. The number of hydrogen-bond donors (Lipinski definition) is 2. The summed E-state index contributed by atoms with van der Waals surface area (Å²) in [5, 5.41) is 13.1. The van der Waals surface area contributed by atoms with E-state index in [0.29, 0.717) is 31.7 Å². The number of H-pyrrole nitrogens is 1. The number of ether oxygens (including phenoxy) is 1. The summed E-state index contributed by atoms with van der Waals surface area (Å²) in [6.45, 7) is 3.71. The predicted octanol–water partition coefficient (Wildman–Crippen LogP) is 3.99. The van der Waals surface area contributed by atoms with Crippen LogP contribution >= 0.6 is 0 Å². The minimum absolute atomic E-state index is 0.0246. The molecule has 36 heavy (non-hydrogen) atoms. The van der Waals surface area contributed by atoms with Crippen LogP contribution in [0.4, 0.5) is 19.1 Å². The van der Waals surface area contributed by atoms with E-state index in [4.69, 9.17) is 4.74 Å². The number of fused-ring (bicyclic) bond motifs is 1. The van der Waals surface area contributed by atoms with Crippen molar-refractivity contribution in [1.29, 1.82) is 5.26 Å². The van der Waals surface area contributed by atoms with Crippen molar-refractivity contribution in [3.05, 3.63) is 35.8 Å². The van der Waals surface area contributed by atoms with Crippen LogP contribution in [0.2, 0.25) is 0 Å². The highest BCUT2D eigenvalue weighted by Crippen LogP contribution is 2.35. The summed E-state index contributed by atoms with van der Waals surface area (Å²) in [6.07, 6.45) is 1.04. The fraction of sp³-hybridized carbons (Fsp3) is 0.458. The first-order chi connectivity index (χ1) is 17.2. The molecular formula is C24H26F3N7O2. The molecule has 0 aromatic carbocycles. The standard InChI is InChI=1S/C24H26F3N7O2/c1-14(15-3-6-34(7-4-15)20(35)5-8-36-2)32-23-31-11-16(10-28)21(33-23)19-13-30-22-18(19)9-17(12-29-22)24(25,26)27/h9,11-15H,3-8H2,1-2H3,(H,29,30)(H,31,32,33). The topological polar surface area (TPSA) is 120 Å². The minimum atomic E-state index is -4.55. The van der Waals surface area contributed by atoms with Crippen LogP contribution in [-0.2, 0) is 15.7 Å². The smallest absolute Gasteiger partial charge is 0.384 e. The highest BCUT2D eigenvalue weighted by molar-refractivity contribution is 5.94. The number of rotatable bonds is 7. The quantitative estimate of drug-likeness (QED) is 0.502. The van der Waals surface area contributed by atoms with E-state index in [2.05, 4.69) is 25.3 Å². The zero-order chi connectivity index (χ0) is 25.9. The summed E-state index contributed by atoms with van der Waals surface area (Å²) < 4.78 is 44.7. The molecule has 1 fully saturated rings. The zero-order valence-electron chi connectivity index (χ0n) is 19.9. The third-order valence-corrected chi connectivity index (χ3v) is 6.50. The molecular weight excluding hydrogens is 475 g/mol. The van der Waals surface area contributed by atoms with Gasteiger partial charge in [0.1, 0.15) is 11.7 Å². The average Bonchev–Trinajstić information content (AvgIpc) is 3.30. The molecule has 1 amide bonds. The molecule has 3 aromatic heterocycles. The van der Waals surface area contributed by atoms with E-state index < -0.39 is 11.7 Å². The van der Waals surface area contributed by atoms with Crippen LogP contribution < -0.4 is 5.32 Å². The van der Waals surface area contributed by atoms with Gasteiger partial charge in [-0.15, -0.1) is 0 Å². The molecule has 3 aromatic rings. The number of anilines is 1. The van der Waals surface area contributed by atoms with Crippen molar-refractivity contribution >= 4 is 22.9 Å². The van der Waals surface area contributed by atoms with Crippen molar-refractivity contribution in [2.24, 2.45) is 5.92 Å². The van der Waals surface area contributed by atoms with E-state index >= 15 is 0 Å². The summed E-state index contributed by atoms with van der Waals surface area (Å²) in [6, 6.07) is 2.98. The van der Waals surface area contributed by atoms with Gasteiger partial charge in [0.25, 0.3) is 0 Å². The van der Waals surface area contributed by atoms with Gasteiger partial charge in [-0.3, -0.25) is 4.79 Å². The number of nitrogens with zero attached hydrogens (tertiary/aromatic N) is 5. The van der Waals surface area contributed by atoms with Gasteiger partial charge in [-0.2, -0.15) is 18.4 Å². The van der Waals surface area contributed by atoms with Gasteiger partial charge < -0.3 is 19.9 Å². The first-order valence-corrected chi connectivity index (χ1v) is 11.6. The Morgan fingerprint density at radius 3 is 2.75 bits per heavy atom.